The Morgan fingerprint density at radius 2 is 0.667 bits per heavy atom. The van der Waals surface area contributed by atoms with Crippen LogP contribution in [0.4, 0.5) is 0 Å². The van der Waals surface area contributed by atoms with Crippen molar-refractivity contribution in [3.8, 4) is 34.5 Å². The Kier molecular flexibility index (Phi) is 21.8. The van der Waals surface area contributed by atoms with Gasteiger partial charge in [0.15, 0.2) is 34.2 Å². The fourth-order valence-electron chi connectivity index (χ4n) is 16.1. The standard InChI is InChI=1S/2C26H23BrN2O5.C25H20BrNO6.C3H8.ClH/c2*1-29(2)24(31)20-21(15-7-5-4-6-8-15)26(16-9-11-17(27)12-10-16)25(32,23(20)30)22-18(33-3)13-28-14-19(22)34-26;1-31-17-12-27-13-18-21(17)24(30)22(28)19(23(29)32-2)20(14-6-4-3-5-7-14)25(24,33-18)15-8-10-16(26)11-9-15;1-3-2;/h2*4-14,20-21,32H,1-3H3;3-13,19-20,30H,1-2H3;3H2,1-2H3;1H/t2*20?,21-,25+,26+;19-,20-,24+,25+;;/m111../s1. The maximum Gasteiger partial charge on any atom is 0.317 e. The van der Waals surface area contributed by atoms with Crippen LogP contribution in [0.2, 0.25) is 0 Å². The summed E-state index contributed by atoms with van der Waals surface area (Å²) >= 11 is 10.3. The number of aromatic nitrogens is 3. The molecule has 2 amide bonds. The van der Waals surface area contributed by atoms with Crippen LogP contribution < -0.4 is 28.4 Å². The Balaban J connectivity index is 0.000000154. The van der Waals surface area contributed by atoms with Crippen LogP contribution >= 0.6 is 60.2 Å². The SMILES string of the molecule is CCC.COC(=O)[C@H]1C(=O)[C@@]2(O)c3c(OC)cncc3O[C@@]2(c2ccc(Br)cc2)[C@@H]1c1ccccc1.COc1cncc2c1[C@]1(O)C(=O)C(C(=O)N(C)C)[C@@H](c3ccccc3)[C@]1(c1ccc(Br)cc1)O2.COc1cncc2c1[C@]1(O)C(=O)C(C(=O)N(C)C)[C@@H](c3ccccc3)[C@]1(c1ccc(Br)cc1)O2.Cl. The number of pyridine rings is 3. The van der Waals surface area contributed by atoms with Crippen molar-refractivity contribution in [1.29, 1.82) is 0 Å². The van der Waals surface area contributed by atoms with E-state index in [1.54, 1.807) is 76.7 Å². The zero-order valence-electron chi connectivity index (χ0n) is 58.7. The van der Waals surface area contributed by atoms with Crippen LogP contribution in [-0.4, -0.2) is 132 Å². The number of amides is 2. The van der Waals surface area contributed by atoms with Gasteiger partial charge in [0.05, 0.1) is 100 Å². The van der Waals surface area contributed by atoms with Gasteiger partial charge < -0.3 is 58.3 Å². The largest absolute Gasteiger partial charge is 0.495 e. The highest BCUT2D eigenvalue weighted by atomic mass is 79.9. The van der Waals surface area contributed by atoms with Crippen LogP contribution in [-0.2, 0) is 67.1 Å². The molecule has 6 aliphatic rings. The van der Waals surface area contributed by atoms with E-state index in [1.165, 1.54) is 81.8 Å². The van der Waals surface area contributed by atoms with Gasteiger partial charge in [0, 0.05) is 41.6 Å². The molecule has 12 atom stereocenters. The average Bonchev–Trinajstić information content (AvgIpc) is 1.49. The molecule has 544 valence electrons. The summed E-state index contributed by atoms with van der Waals surface area (Å²) in [6, 6.07) is 49.2. The molecule has 0 bridgehead atoms. The number of ether oxygens (including phenoxy) is 7. The molecule has 0 saturated heterocycles. The van der Waals surface area contributed by atoms with E-state index in [-0.39, 0.29) is 63.6 Å². The number of carbonyl (C=O) groups excluding carboxylic acids is 6. The number of ketones is 3. The third-order valence-corrected chi connectivity index (χ3v) is 21.8. The quantitative estimate of drug-likeness (QED) is 0.0757. The van der Waals surface area contributed by atoms with Gasteiger partial charge in [-0.1, -0.05) is 195 Å². The zero-order valence-corrected chi connectivity index (χ0v) is 64.2. The van der Waals surface area contributed by atoms with Crippen LogP contribution in [0.1, 0.15) is 88.1 Å². The highest BCUT2D eigenvalue weighted by Crippen LogP contribution is 2.72. The second-order valence-electron chi connectivity index (χ2n) is 26.2. The number of nitrogens with zero attached hydrogens (tertiary/aromatic N) is 5. The Bertz CT molecular complexity index is 4580. The minimum Gasteiger partial charge on any atom is -0.495 e. The predicted octanol–water partition coefficient (Wildman–Crippen LogP) is 12.1. The lowest BCUT2D eigenvalue weighted by molar-refractivity contribution is -0.156. The number of halogens is 4. The highest BCUT2D eigenvalue weighted by Gasteiger charge is 2.82. The highest BCUT2D eigenvalue weighted by molar-refractivity contribution is 9.11. The lowest BCUT2D eigenvalue weighted by atomic mass is 9.70. The van der Waals surface area contributed by atoms with Crippen LogP contribution in [0.15, 0.2) is 214 Å². The van der Waals surface area contributed by atoms with Gasteiger partial charge in [0.2, 0.25) is 28.6 Å². The van der Waals surface area contributed by atoms with Crippen LogP contribution in [0, 0.1) is 17.8 Å². The van der Waals surface area contributed by atoms with E-state index in [2.05, 4.69) is 76.6 Å². The number of hydrogen-bond donors (Lipinski definition) is 3. The molecule has 0 radical (unpaired) electrons. The number of carbonyl (C=O) groups is 6. The average molecular weight is 1640 g/mol. The molecule has 2 unspecified atom stereocenters. The minimum absolute atomic E-state index is 0. The molecule has 6 aromatic carbocycles. The molecule has 21 nitrogen and oxygen atoms in total. The third-order valence-electron chi connectivity index (χ3n) is 20.2. The van der Waals surface area contributed by atoms with Crippen molar-refractivity contribution in [2.75, 3.05) is 56.6 Å². The molecule has 3 aliphatic carbocycles. The Hall–Kier alpha value is -9.40. The van der Waals surface area contributed by atoms with Crippen LogP contribution in [0.25, 0.3) is 0 Å². The fraction of sp³-hybridized carbons (Fsp3) is 0.287. The lowest BCUT2D eigenvalue weighted by Crippen LogP contribution is -2.50. The maximum atomic E-state index is 14.3. The van der Waals surface area contributed by atoms with Crippen molar-refractivity contribution >= 4 is 95.3 Å². The minimum atomic E-state index is -2.23. The second-order valence-corrected chi connectivity index (χ2v) is 28.9. The summed E-state index contributed by atoms with van der Waals surface area (Å²) in [5.41, 5.74) is -7.29. The number of aliphatic hydroxyl groups is 3. The monoisotopic (exact) mass is 1630 g/mol. The molecule has 0 spiro atoms. The van der Waals surface area contributed by atoms with Crippen LogP contribution in [0.3, 0.4) is 0 Å². The number of rotatable bonds is 12. The first-order chi connectivity index (χ1) is 49.8. The molecular weight excluding hydrogens is 1560 g/mol. The molecule has 3 aliphatic heterocycles. The van der Waals surface area contributed by atoms with Crippen molar-refractivity contribution in [2.45, 2.75) is 71.6 Å². The Morgan fingerprint density at radius 1 is 0.419 bits per heavy atom. The number of hydrogen-bond acceptors (Lipinski definition) is 19. The van der Waals surface area contributed by atoms with Gasteiger partial charge in [-0.2, -0.15) is 0 Å². The number of esters is 1. The molecule has 3 aromatic heterocycles. The molecule has 3 saturated carbocycles. The van der Waals surface area contributed by atoms with Gasteiger partial charge in [-0.05, 0) is 69.8 Å². The smallest absolute Gasteiger partial charge is 0.317 e. The fourth-order valence-corrected chi connectivity index (χ4v) is 16.9. The van der Waals surface area contributed by atoms with Gasteiger partial charge in [-0.25, -0.2) is 0 Å². The van der Waals surface area contributed by atoms with E-state index in [9.17, 15) is 44.1 Å². The molecule has 3 N–H and O–H groups in total. The number of fused-ring (bicyclic) bond motifs is 9. The van der Waals surface area contributed by atoms with Gasteiger partial charge in [0.25, 0.3) is 0 Å². The molecule has 3 fully saturated rings. The first kappa shape index (κ1) is 76.7. The van der Waals surface area contributed by atoms with E-state index in [4.69, 9.17) is 33.2 Å². The summed E-state index contributed by atoms with van der Waals surface area (Å²) in [4.78, 5) is 97.8. The maximum absolute atomic E-state index is 14.3. The van der Waals surface area contributed by atoms with Crippen molar-refractivity contribution in [3.63, 3.8) is 0 Å². The molecule has 6 heterocycles. The number of benzene rings is 6. The molecule has 25 heteroatoms. The normalized spacial score (nSPS) is 26.3. The molecule has 15 rings (SSSR count). The molecule has 9 aromatic rings. The summed E-state index contributed by atoms with van der Waals surface area (Å²) in [6.07, 6.45) is 9.90. The third kappa shape index (κ3) is 11.6. The summed E-state index contributed by atoms with van der Waals surface area (Å²) in [6.45, 7) is 4.25. The second kappa shape index (κ2) is 29.9. The summed E-state index contributed by atoms with van der Waals surface area (Å²) in [5.74, 6) is -8.39. The van der Waals surface area contributed by atoms with Crippen molar-refractivity contribution in [1.82, 2.24) is 24.8 Å². The number of Topliss-reactive ketones (excluding diaryl/α,β-unsaturated/α-hetero) is 3. The van der Waals surface area contributed by atoms with Gasteiger partial charge in [-0.3, -0.25) is 43.7 Å². The first-order valence-electron chi connectivity index (χ1n) is 33.2. The van der Waals surface area contributed by atoms with E-state index in [0.717, 1.165) is 13.4 Å². The van der Waals surface area contributed by atoms with E-state index < -0.39 is 104 Å². The topological polar surface area (TPSA) is 273 Å². The van der Waals surface area contributed by atoms with Gasteiger partial charge in [-0.15, -0.1) is 12.4 Å². The Labute approximate surface area is 638 Å². The van der Waals surface area contributed by atoms with E-state index >= 15 is 0 Å². The Morgan fingerprint density at radius 3 is 0.905 bits per heavy atom. The van der Waals surface area contributed by atoms with Crippen LogP contribution in [0.5, 0.6) is 34.5 Å². The molecular formula is C80H75Br3ClN5O16. The number of methoxy groups -OCH3 is 4. The lowest BCUT2D eigenvalue weighted by Gasteiger charge is -2.39. The zero-order chi connectivity index (χ0) is 74.6. The predicted molar refractivity (Wildman–Crippen MR) is 399 cm³/mol. The molecule has 105 heavy (non-hydrogen) atoms. The van der Waals surface area contributed by atoms with Gasteiger partial charge in [0.1, 0.15) is 52.3 Å². The van der Waals surface area contributed by atoms with Gasteiger partial charge >= 0.3 is 5.97 Å². The summed E-state index contributed by atoms with van der Waals surface area (Å²) < 4.78 is 43.7. The van der Waals surface area contributed by atoms with E-state index in [0.29, 0.717) is 33.4 Å². The first-order valence-corrected chi connectivity index (χ1v) is 35.6. The van der Waals surface area contributed by atoms with Crippen molar-refractivity contribution in [3.05, 3.63) is 264 Å². The summed E-state index contributed by atoms with van der Waals surface area (Å²) in [5, 5.41) is 37.4. The summed E-state index contributed by atoms with van der Waals surface area (Å²) in [7, 11) is 11.9. The van der Waals surface area contributed by atoms with Crippen molar-refractivity contribution < 1.29 is 77.2 Å². The van der Waals surface area contributed by atoms with E-state index in [1.807, 2.05) is 115 Å². The van der Waals surface area contributed by atoms with Crippen molar-refractivity contribution in [2.24, 2.45) is 17.8 Å².